The number of benzene rings is 1. The lowest BCUT2D eigenvalue weighted by atomic mass is 10.0. The van der Waals surface area contributed by atoms with Crippen molar-refractivity contribution in [2.45, 2.75) is 19.8 Å². The number of hydrogen-bond donors (Lipinski definition) is 2. The maximum atomic E-state index is 8.91. The van der Waals surface area contributed by atoms with Gasteiger partial charge >= 0.3 is 0 Å². The van der Waals surface area contributed by atoms with E-state index in [1.54, 1.807) is 0 Å². The van der Waals surface area contributed by atoms with Crippen LogP contribution in [0.4, 0.5) is 0 Å². The van der Waals surface area contributed by atoms with Crippen LogP contribution < -0.4 is 5.32 Å². The molecule has 2 N–H and O–H groups in total. The van der Waals surface area contributed by atoms with Crippen molar-refractivity contribution in [3.8, 4) is 0 Å². The van der Waals surface area contributed by atoms with Crippen molar-refractivity contribution in [2.24, 2.45) is 5.92 Å². The van der Waals surface area contributed by atoms with E-state index in [2.05, 4.69) is 31.0 Å². The van der Waals surface area contributed by atoms with Crippen molar-refractivity contribution in [3.05, 3.63) is 42.5 Å². The van der Waals surface area contributed by atoms with E-state index in [0.717, 1.165) is 31.5 Å². The third-order valence-corrected chi connectivity index (χ3v) is 3.07. The second kappa shape index (κ2) is 8.04. The summed E-state index contributed by atoms with van der Waals surface area (Å²) in [5.74, 6) is 0.559. The largest absolute Gasteiger partial charge is 0.396 e. The van der Waals surface area contributed by atoms with Gasteiger partial charge < -0.3 is 10.4 Å². The summed E-state index contributed by atoms with van der Waals surface area (Å²) < 4.78 is 0. The molecule has 17 heavy (non-hydrogen) atoms. The summed E-state index contributed by atoms with van der Waals surface area (Å²) in [7, 11) is 0. The highest BCUT2D eigenvalue weighted by Gasteiger charge is 2.05. The highest BCUT2D eigenvalue weighted by atomic mass is 16.3. The first-order valence-corrected chi connectivity index (χ1v) is 6.32. The minimum Gasteiger partial charge on any atom is -0.396 e. The van der Waals surface area contributed by atoms with Crippen molar-refractivity contribution in [2.75, 3.05) is 19.7 Å². The maximum Gasteiger partial charge on any atom is 0.0434 e. The van der Waals surface area contributed by atoms with E-state index >= 15 is 0 Å². The van der Waals surface area contributed by atoms with E-state index < -0.39 is 0 Å². The quantitative estimate of drug-likeness (QED) is 0.723. The molecular formula is C15H23NO. The van der Waals surface area contributed by atoms with Crippen LogP contribution in [0.3, 0.4) is 0 Å². The lowest BCUT2D eigenvalue weighted by Gasteiger charge is -2.15. The molecule has 1 rings (SSSR count). The van der Waals surface area contributed by atoms with Crippen LogP contribution in [0.5, 0.6) is 0 Å². The van der Waals surface area contributed by atoms with E-state index in [0.29, 0.717) is 5.92 Å². The van der Waals surface area contributed by atoms with E-state index in [4.69, 9.17) is 5.11 Å². The molecular weight excluding hydrogens is 210 g/mol. The molecule has 1 aromatic rings. The van der Waals surface area contributed by atoms with Gasteiger partial charge in [0.15, 0.2) is 0 Å². The molecule has 0 aliphatic rings. The highest BCUT2D eigenvalue weighted by Crippen LogP contribution is 2.11. The Morgan fingerprint density at radius 2 is 2.06 bits per heavy atom. The number of hydrogen-bond acceptors (Lipinski definition) is 2. The Morgan fingerprint density at radius 3 is 2.65 bits per heavy atom. The summed E-state index contributed by atoms with van der Waals surface area (Å²) >= 11 is 0. The highest BCUT2D eigenvalue weighted by molar-refractivity contribution is 5.64. The van der Waals surface area contributed by atoms with Crippen molar-refractivity contribution in [3.63, 3.8) is 0 Å². The zero-order valence-electron chi connectivity index (χ0n) is 10.7. The number of aliphatic hydroxyl groups is 1. The van der Waals surface area contributed by atoms with Gasteiger partial charge in [-0.2, -0.15) is 0 Å². The molecule has 0 fully saturated rings. The molecule has 0 aliphatic heterocycles. The Kier molecular flexibility index (Phi) is 6.60. The normalized spacial score (nSPS) is 12.4. The van der Waals surface area contributed by atoms with Crippen LogP contribution in [0.1, 0.15) is 25.3 Å². The summed E-state index contributed by atoms with van der Waals surface area (Å²) in [6.45, 7) is 8.28. The SMILES string of the molecule is C=C(CNCC(CC)CCO)c1ccccc1. The van der Waals surface area contributed by atoms with Gasteiger partial charge in [-0.05, 0) is 30.0 Å². The fourth-order valence-corrected chi connectivity index (χ4v) is 1.84. The van der Waals surface area contributed by atoms with Gasteiger partial charge in [-0.15, -0.1) is 0 Å². The van der Waals surface area contributed by atoms with Gasteiger partial charge in [0.25, 0.3) is 0 Å². The van der Waals surface area contributed by atoms with Gasteiger partial charge in [0.05, 0.1) is 0 Å². The smallest absolute Gasteiger partial charge is 0.0434 e. The van der Waals surface area contributed by atoms with Gasteiger partial charge in [0.1, 0.15) is 0 Å². The Labute approximate surface area is 104 Å². The molecule has 2 heteroatoms. The zero-order valence-corrected chi connectivity index (χ0v) is 10.7. The minimum atomic E-state index is 0.278. The van der Waals surface area contributed by atoms with Gasteiger partial charge in [-0.3, -0.25) is 0 Å². The van der Waals surface area contributed by atoms with Gasteiger partial charge in [-0.25, -0.2) is 0 Å². The number of aliphatic hydroxyl groups excluding tert-OH is 1. The molecule has 1 unspecified atom stereocenters. The molecule has 1 atom stereocenters. The van der Waals surface area contributed by atoms with Gasteiger partial charge in [0, 0.05) is 13.2 Å². The molecule has 0 spiro atoms. The fourth-order valence-electron chi connectivity index (χ4n) is 1.84. The Balaban J connectivity index is 2.29. The van der Waals surface area contributed by atoms with E-state index in [9.17, 15) is 0 Å². The summed E-state index contributed by atoms with van der Waals surface area (Å²) in [6.07, 6.45) is 1.98. The molecule has 0 saturated carbocycles. The lowest BCUT2D eigenvalue weighted by molar-refractivity contribution is 0.252. The predicted octanol–water partition coefficient (Wildman–Crippen LogP) is 2.70. The zero-order chi connectivity index (χ0) is 12.5. The number of nitrogens with one attached hydrogen (secondary N) is 1. The molecule has 0 amide bonds. The van der Waals surface area contributed by atoms with E-state index in [-0.39, 0.29) is 6.61 Å². The summed E-state index contributed by atoms with van der Waals surface area (Å²) in [5.41, 5.74) is 2.31. The molecule has 94 valence electrons. The predicted molar refractivity (Wildman–Crippen MR) is 73.8 cm³/mol. The fraction of sp³-hybridized carbons (Fsp3) is 0.467. The third-order valence-electron chi connectivity index (χ3n) is 3.07. The minimum absolute atomic E-state index is 0.278. The Bertz CT molecular complexity index is 321. The molecule has 0 bridgehead atoms. The first-order valence-electron chi connectivity index (χ1n) is 6.32. The first-order chi connectivity index (χ1) is 8.27. The van der Waals surface area contributed by atoms with Crippen molar-refractivity contribution >= 4 is 5.57 Å². The van der Waals surface area contributed by atoms with Crippen molar-refractivity contribution in [1.82, 2.24) is 5.32 Å². The van der Waals surface area contributed by atoms with Crippen LogP contribution >= 0.6 is 0 Å². The van der Waals surface area contributed by atoms with Crippen molar-refractivity contribution in [1.29, 1.82) is 0 Å². The van der Waals surface area contributed by atoms with Gasteiger partial charge in [-0.1, -0.05) is 50.3 Å². The summed E-state index contributed by atoms with van der Waals surface area (Å²) in [5, 5.41) is 12.3. The van der Waals surface area contributed by atoms with E-state index in [1.807, 2.05) is 18.2 Å². The van der Waals surface area contributed by atoms with Gasteiger partial charge in [0.2, 0.25) is 0 Å². The Hall–Kier alpha value is -1.12. The molecule has 0 aliphatic carbocycles. The van der Waals surface area contributed by atoms with Crippen LogP contribution in [0.15, 0.2) is 36.9 Å². The average Bonchev–Trinajstić information content (AvgIpc) is 2.38. The molecule has 0 radical (unpaired) electrons. The van der Waals surface area contributed by atoms with Crippen molar-refractivity contribution < 1.29 is 5.11 Å². The second-order valence-corrected chi connectivity index (χ2v) is 4.39. The van der Waals surface area contributed by atoms with Crippen LogP contribution in [0.25, 0.3) is 5.57 Å². The maximum absolute atomic E-state index is 8.91. The van der Waals surface area contributed by atoms with Crippen LogP contribution in [0, 0.1) is 5.92 Å². The number of rotatable bonds is 8. The van der Waals surface area contributed by atoms with Crippen LogP contribution in [-0.2, 0) is 0 Å². The second-order valence-electron chi connectivity index (χ2n) is 4.39. The molecule has 0 saturated heterocycles. The molecule has 2 nitrogen and oxygen atoms in total. The summed E-state index contributed by atoms with van der Waals surface area (Å²) in [4.78, 5) is 0. The average molecular weight is 233 g/mol. The third kappa shape index (κ3) is 5.16. The summed E-state index contributed by atoms with van der Waals surface area (Å²) in [6, 6.07) is 10.2. The monoisotopic (exact) mass is 233 g/mol. The first kappa shape index (κ1) is 13.9. The molecule has 1 aromatic carbocycles. The van der Waals surface area contributed by atoms with Crippen LogP contribution in [-0.4, -0.2) is 24.8 Å². The lowest BCUT2D eigenvalue weighted by Crippen LogP contribution is -2.24. The standard InChI is InChI=1S/C15H23NO/c1-3-14(9-10-17)12-16-11-13(2)15-7-5-4-6-8-15/h4-8,14,16-17H,2-3,9-12H2,1H3. The van der Waals surface area contributed by atoms with E-state index in [1.165, 1.54) is 5.56 Å². The topological polar surface area (TPSA) is 32.3 Å². The molecule has 0 aromatic heterocycles. The van der Waals surface area contributed by atoms with Crippen LogP contribution in [0.2, 0.25) is 0 Å². The molecule has 0 heterocycles. The Morgan fingerprint density at radius 1 is 1.35 bits per heavy atom.